The highest BCUT2D eigenvalue weighted by Gasteiger charge is 2.40. The Morgan fingerprint density at radius 2 is 1.80 bits per heavy atom. The fourth-order valence-corrected chi connectivity index (χ4v) is 3.23. The van der Waals surface area contributed by atoms with Crippen LogP contribution in [0.2, 0.25) is 0 Å². The number of nitrogens with zero attached hydrogens (tertiary/aromatic N) is 1. The van der Waals surface area contributed by atoms with Crippen LogP contribution in [0.15, 0.2) is 53.2 Å². The molecule has 1 heterocycles. The van der Waals surface area contributed by atoms with E-state index >= 15 is 0 Å². The Labute approximate surface area is 180 Å². The van der Waals surface area contributed by atoms with Gasteiger partial charge in [0.05, 0.1) is 17.9 Å². The van der Waals surface area contributed by atoms with E-state index in [2.05, 4.69) is 5.32 Å². The summed E-state index contributed by atoms with van der Waals surface area (Å²) in [5.74, 6) is -1.91. The van der Waals surface area contributed by atoms with E-state index in [4.69, 9.17) is 16.3 Å². The van der Waals surface area contributed by atoms with Crippen LogP contribution < -0.4 is 10.2 Å². The summed E-state index contributed by atoms with van der Waals surface area (Å²) in [5, 5.41) is 2.72. The maximum absolute atomic E-state index is 13.1. The molecule has 0 saturated heterocycles. The fraction of sp³-hybridized carbons (Fsp3) is 0.261. The maximum Gasteiger partial charge on any atom is 0.340 e. The number of halogens is 1. The van der Waals surface area contributed by atoms with Crippen molar-refractivity contribution in [3.8, 4) is 0 Å². The lowest BCUT2D eigenvalue weighted by Gasteiger charge is -2.18. The number of hydrogen-bond donors (Lipinski definition) is 1. The van der Waals surface area contributed by atoms with Gasteiger partial charge >= 0.3 is 5.97 Å². The van der Waals surface area contributed by atoms with Crippen molar-refractivity contribution in [3.63, 3.8) is 0 Å². The first-order valence-corrected chi connectivity index (χ1v) is 10.1. The molecule has 0 bridgehead atoms. The number of nitrogens with one attached hydrogen (secondary N) is 1. The van der Waals surface area contributed by atoms with E-state index in [0.29, 0.717) is 5.69 Å². The molecule has 2 aromatic rings. The second-order valence-corrected chi connectivity index (χ2v) is 7.44. The average Bonchev–Trinajstić information content (AvgIpc) is 2.94. The number of para-hydroxylation sites is 1. The molecule has 0 saturated carbocycles. The lowest BCUT2D eigenvalue weighted by molar-refractivity contribution is -0.120. The third-order valence-electron chi connectivity index (χ3n) is 4.90. The predicted molar refractivity (Wildman–Crippen MR) is 117 cm³/mol. The van der Waals surface area contributed by atoms with Gasteiger partial charge in [-0.3, -0.25) is 9.59 Å². The van der Waals surface area contributed by atoms with Crippen molar-refractivity contribution in [1.29, 1.82) is 0 Å². The number of amides is 2. The zero-order valence-corrected chi connectivity index (χ0v) is 17.9. The molecule has 156 valence electrons. The first-order chi connectivity index (χ1) is 14.3. The number of anilines is 2. The largest absolute Gasteiger partial charge is 0.462 e. The summed E-state index contributed by atoms with van der Waals surface area (Å²) in [7, 11) is 0. The number of rotatable bonds is 7. The van der Waals surface area contributed by atoms with E-state index in [1.54, 1.807) is 18.2 Å². The molecule has 0 atom stereocenters. The van der Waals surface area contributed by atoms with Crippen molar-refractivity contribution >= 4 is 40.8 Å². The van der Waals surface area contributed by atoms with Gasteiger partial charge in [-0.15, -0.1) is 0 Å². The standard InChI is InChI=1S/C23H23ClN2O4/c1-4-5-12-30-23(29)17-8-6-7-9-18(17)26-21(27)19(24)20(22(26)28)25-16-11-10-14(2)15(3)13-16/h6-11,13,25H,4-5,12H2,1-3H3. The van der Waals surface area contributed by atoms with Crippen LogP contribution in [0.25, 0.3) is 0 Å². The van der Waals surface area contributed by atoms with Crippen LogP contribution >= 0.6 is 11.6 Å². The minimum atomic E-state index is -0.693. The average molecular weight is 427 g/mol. The molecule has 0 aromatic heterocycles. The Kier molecular flexibility index (Phi) is 6.57. The summed E-state index contributed by atoms with van der Waals surface area (Å²) < 4.78 is 5.26. The van der Waals surface area contributed by atoms with Crippen LogP contribution in [-0.4, -0.2) is 24.4 Å². The number of imide groups is 1. The minimum absolute atomic E-state index is 0.0286. The smallest absolute Gasteiger partial charge is 0.340 e. The van der Waals surface area contributed by atoms with Gasteiger partial charge in [-0.2, -0.15) is 0 Å². The van der Waals surface area contributed by atoms with Crippen LogP contribution in [0, 0.1) is 13.8 Å². The maximum atomic E-state index is 13.1. The molecule has 1 aliphatic heterocycles. The van der Waals surface area contributed by atoms with Crippen LogP contribution in [-0.2, 0) is 14.3 Å². The van der Waals surface area contributed by atoms with Crippen molar-refractivity contribution in [3.05, 3.63) is 69.9 Å². The fourth-order valence-electron chi connectivity index (χ4n) is 3.02. The molecule has 6 nitrogen and oxygen atoms in total. The number of hydrogen-bond acceptors (Lipinski definition) is 5. The molecule has 0 unspecified atom stereocenters. The third-order valence-corrected chi connectivity index (χ3v) is 5.25. The third kappa shape index (κ3) is 4.24. The molecular weight excluding hydrogens is 404 g/mol. The summed E-state index contributed by atoms with van der Waals surface area (Å²) in [6.45, 7) is 6.18. The topological polar surface area (TPSA) is 75.7 Å². The normalized spacial score (nSPS) is 13.8. The van der Waals surface area contributed by atoms with Crippen LogP contribution in [0.5, 0.6) is 0 Å². The Morgan fingerprint density at radius 3 is 2.50 bits per heavy atom. The summed E-state index contributed by atoms with van der Waals surface area (Å²) in [4.78, 5) is 39.3. The number of benzene rings is 2. The Hall–Kier alpha value is -3.12. The van der Waals surface area contributed by atoms with Gasteiger partial charge in [0.1, 0.15) is 10.7 Å². The molecule has 2 aromatic carbocycles. The van der Waals surface area contributed by atoms with E-state index in [1.807, 2.05) is 32.9 Å². The number of esters is 1. The molecule has 3 rings (SSSR count). The molecule has 2 amide bonds. The van der Waals surface area contributed by atoms with Crippen molar-refractivity contribution in [1.82, 2.24) is 0 Å². The van der Waals surface area contributed by atoms with Crippen LogP contribution in [0.3, 0.4) is 0 Å². The van der Waals surface area contributed by atoms with E-state index < -0.39 is 17.8 Å². The van der Waals surface area contributed by atoms with E-state index in [0.717, 1.165) is 28.9 Å². The Balaban J connectivity index is 1.89. The van der Waals surface area contributed by atoms with Crippen molar-refractivity contribution in [2.75, 3.05) is 16.8 Å². The van der Waals surface area contributed by atoms with E-state index in [9.17, 15) is 14.4 Å². The molecular formula is C23H23ClN2O4. The number of aryl methyl sites for hydroxylation is 2. The second-order valence-electron chi connectivity index (χ2n) is 7.07. The van der Waals surface area contributed by atoms with Crippen molar-refractivity contribution in [2.24, 2.45) is 0 Å². The number of unbranched alkanes of at least 4 members (excludes halogenated alkanes) is 1. The highest BCUT2D eigenvalue weighted by molar-refractivity contribution is 6.53. The van der Waals surface area contributed by atoms with E-state index in [-0.39, 0.29) is 28.6 Å². The molecule has 1 N–H and O–H groups in total. The van der Waals surface area contributed by atoms with Gasteiger partial charge < -0.3 is 10.1 Å². The summed E-state index contributed by atoms with van der Waals surface area (Å²) in [6.07, 6.45) is 1.61. The summed E-state index contributed by atoms with van der Waals surface area (Å²) in [6, 6.07) is 11.9. The second kappa shape index (κ2) is 9.13. The predicted octanol–water partition coefficient (Wildman–Crippen LogP) is 4.70. The van der Waals surface area contributed by atoms with Crippen LogP contribution in [0.4, 0.5) is 11.4 Å². The number of carbonyl (C=O) groups excluding carboxylic acids is 3. The highest BCUT2D eigenvalue weighted by Crippen LogP contribution is 2.32. The molecule has 0 aliphatic carbocycles. The highest BCUT2D eigenvalue weighted by atomic mass is 35.5. The van der Waals surface area contributed by atoms with Gasteiger partial charge in [0.2, 0.25) is 0 Å². The van der Waals surface area contributed by atoms with Gasteiger partial charge in [-0.1, -0.05) is 43.1 Å². The first-order valence-electron chi connectivity index (χ1n) is 9.74. The molecule has 0 radical (unpaired) electrons. The summed E-state index contributed by atoms with van der Waals surface area (Å²) >= 11 is 6.21. The SMILES string of the molecule is CCCCOC(=O)c1ccccc1N1C(=O)C(Cl)=C(Nc2ccc(C)c(C)c2)C1=O. The van der Waals surface area contributed by atoms with Crippen LogP contribution in [0.1, 0.15) is 41.3 Å². The monoisotopic (exact) mass is 426 g/mol. The number of ether oxygens (including phenoxy) is 1. The van der Waals surface area contributed by atoms with Gasteiger partial charge in [-0.25, -0.2) is 9.69 Å². The molecule has 0 fully saturated rings. The first kappa shape index (κ1) is 21.6. The zero-order chi connectivity index (χ0) is 21.8. The quantitative estimate of drug-likeness (QED) is 0.394. The lowest BCUT2D eigenvalue weighted by atomic mass is 10.1. The van der Waals surface area contributed by atoms with Gasteiger partial charge in [0.15, 0.2) is 0 Å². The molecule has 30 heavy (non-hydrogen) atoms. The number of carbonyl (C=O) groups is 3. The summed E-state index contributed by atoms with van der Waals surface area (Å²) in [5.41, 5.74) is 3.02. The van der Waals surface area contributed by atoms with Crippen molar-refractivity contribution < 1.29 is 19.1 Å². The zero-order valence-electron chi connectivity index (χ0n) is 17.1. The Bertz CT molecular complexity index is 1050. The van der Waals surface area contributed by atoms with Gasteiger partial charge in [0.25, 0.3) is 11.8 Å². The van der Waals surface area contributed by atoms with E-state index in [1.165, 1.54) is 12.1 Å². The molecule has 7 heteroatoms. The van der Waals surface area contributed by atoms with Gasteiger partial charge in [-0.05, 0) is 55.7 Å². The minimum Gasteiger partial charge on any atom is -0.462 e. The lowest BCUT2D eigenvalue weighted by Crippen LogP contribution is -2.33. The Morgan fingerprint density at radius 1 is 1.07 bits per heavy atom. The molecule has 0 spiro atoms. The molecule has 1 aliphatic rings. The van der Waals surface area contributed by atoms with Crippen molar-refractivity contribution in [2.45, 2.75) is 33.6 Å². The van der Waals surface area contributed by atoms with Gasteiger partial charge in [0, 0.05) is 5.69 Å².